The van der Waals surface area contributed by atoms with Crippen LogP contribution in [0.1, 0.15) is 35.3 Å². The number of nitrogens with one attached hydrogen (secondary N) is 1. The Morgan fingerprint density at radius 3 is 2.31 bits per heavy atom. The van der Waals surface area contributed by atoms with Crippen LogP contribution in [-0.2, 0) is 6.18 Å². The van der Waals surface area contributed by atoms with Gasteiger partial charge in [0.25, 0.3) is 5.91 Å². The summed E-state index contributed by atoms with van der Waals surface area (Å²) in [6, 6.07) is 9.90. The van der Waals surface area contributed by atoms with Gasteiger partial charge in [0.1, 0.15) is 5.75 Å². The normalized spacial score (nSPS) is 11.8. The van der Waals surface area contributed by atoms with Crippen LogP contribution in [0.25, 0.3) is 6.08 Å². The van der Waals surface area contributed by atoms with E-state index in [4.69, 9.17) is 4.74 Å². The number of hydrogen-bond donors (Lipinski definition) is 1. The quantitative estimate of drug-likeness (QED) is 0.747. The maximum absolute atomic E-state index is 12.9. The average Bonchev–Trinajstić information content (AvgIpc) is 2.59. The van der Waals surface area contributed by atoms with Gasteiger partial charge in [0.05, 0.1) is 12.7 Å². The molecule has 6 heteroatoms. The van der Waals surface area contributed by atoms with Crippen molar-refractivity contribution in [3.8, 4) is 5.75 Å². The Morgan fingerprint density at radius 1 is 1.12 bits per heavy atom. The van der Waals surface area contributed by atoms with Gasteiger partial charge in [-0.05, 0) is 35.7 Å². The van der Waals surface area contributed by atoms with Crippen molar-refractivity contribution in [2.75, 3.05) is 12.4 Å². The number of rotatable bonds is 5. The third-order valence-electron chi connectivity index (χ3n) is 3.57. The minimum Gasteiger partial charge on any atom is -0.497 e. The van der Waals surface area contributed by atoms with E-state index in [-0.39, 0.29) is 11.4 Å². The Balaban J connectivity index is 2.19. The van der Waals surface area contributed by atoms with Crippen LogP contribution in [0.3, 0.4) is 0 Å². The molecule has 0 atom stereocenters. The lowest BCUT2D eigenvalue weighted by molar-refractivity contribution is -0.137. The van der Waals surface area contributed by atoms with Gasteiger partial charge in [-0.2, -0.15) is 13.2 Å². The van der Waals surface area contributed by atoms with Crippen molar-refractivity contribution in [2.45, 2.75) is 20.0 Å². The summed E-state index contributed by atoms with van der Waals surface area (Å²) in [5.74, 6) is -0.0658. The molecular formula is C20H20F3NO2. The zero-order valence-electron chi connectivity index (χ0n) is 14.7. The van der Waals surface area contributed by atoms with Crippen LogP contribution in [0.4, 0.5) is 18.9 Å². The van der Waals surface area contributed by atoms with Crippen molar-refractivity contribution in [3.63, 3.8) is 0 Å². The van der Waals surface area contributed by atoms with Gasteiger partial charge in [0.15, 0.2) is 0 Å². The average molecular weight is 363 g/mol. The highest BCUT2D eigenvalue weighted by molar-refractivity contribution is 6.04. The van der Waals surface area contributed by atoms with Crippen molar-refractivity contribution in [1.82, 2.24) is 0 Å². The van der Waals surface area contributed by atoms with E-state index in [9.17, 15) is 18.0 Å². The van der Waals surface area contributed by atoms with Crippen molar-refractivity contribution in [1.29, 1.82) is 0 Å². The van der Waals surface area contributed by atoms with E-state index >= 15 is 0 Å². The third-order valence-corrected chi connectivity index (χ3v) is 3.57. The first-order valence-electron chi connectivity index (χ1n) is 8.05. The second kappa shape index (κ2) is 8.08. The van der Waals surface area contributed by atoms with Crippen LogP contribution in [0.5, 0.6) is 5.75 Å². The molecule has 0 aromatic heterocycles. The number of ether oxygens (including phenoxy) is 1. The van der Waals surface area contributed by atoms with Gasteiger partial charge in [-0.1, -0.05) is 38.1 Å². The first-order valence-corrected chi connectivity index (χ1v) is 8.05. The monoisotopic (exact) mass is 363 g/mol. The number of benzene rings is 2. The molecule has 0 saturated carbocycles. The summed E-state index contributed by atoms with van der Waals surface area (Å²) in [6.07, 6.45) is -0.549. The van der Waals surface area contributed by atoms with Crippen LogP contribution in [0, 0.1) is 5.92 Å². The molecule has 2 aromatic carbocycles. The molecule has 0 aliphatic carbocycles. The zero-order valence-corrected chi connectivity index (χ0v) is 14.7. The fourth-order valence-electron chi connectivity index (χ4n) is 2.21. The molecule has 2 rings (SSSR count). The number of methoxy groups -OCH3 is 1. The standard InChI is InChI=1S/C20H20F3NO2/c1-13(2)4-5-14-6-8-15(9-7-14)19(25)24-17-10-16(20(21,22)23)11-18(12-17)26-3/h4-13H,1-3H3,(H,24,25)/b5-4+. The molecule has 3 nitrogen and oxygen atoms in total. The number of carbonyl (C=O) groups excluding carboxylic acids is 1. The molecule has 0 spiro atoms. The van der Waals surface area contributed by atoms with Gasteiger partial charge < -0.3 is 10.1 Å². The van der Waals surface area contributed by atoms with Gasteiger partial charge >= 0.3 is 6.18 Å². The van der Waals surface area contributed by atoms with Gasteiger partial charge in [0, 0.05) is 17.3 Å². The number of carbonyl (C=O) groups is 1. The predicted octanol–water partition coefficient (Wildman–Crippen LogP) is 5.64. The molecule has 0 heterocycles. The molecule has 2 aromatic rings. The lowest BCUT2D eigenvalue weighted by Gasteiger charge is -2.12. The number of amides is 1. The van der Waals surface area contributed by atoms with Gasteiger partial charge in [0.2, 0.25) is 0 Å². The summed E-state index contributed by atoms with van der Waals surface area (Å²) in [6.45, 7) is 4.11. The summed E-state index contributed by atoms with van der Waals surface area (Å²) in [4.78, 5) is 12.3. The molecule has 138 valence electrons. The molecule has 0 unspecified atom stereocenters. The minimum absolute atomic E-state index is 0.0179. The first kappa shape index (κ1) is 19.6. The highest BCUT2D eigenvalue weighted by Gasteiger charge is 2.31. The summed E-state index contributed by atoms with van der Waals surface area (Å²) in [7, 11) is 1.27. The van der Waals surface area contributed by atoms with E-state index < -0.39 is 17.6 Å². The van der Waals surface area contributed by atoms with Crippen molar-refractivity contribution in [3.05, 3.63) is 65.2 Å². The Morgan fingerprint density at radius 2 is 1.77 bits per heavy atom. The Bertz CT molecular complexity index is 794. The Hall–Kier alpha value is -2.76. The fraction of sp³-hybridized carbons (Fsp3) is 0.250. The molecule has 0 saturated heterocycles. The number of anilines is 1. The molecule has 0 aliphatic rings. The molecule has 1 N–H and O–H groups in total. The van der Waals surface area contributed by atoms with E-state index in [1.807, 2.05) is 12.2 Å². The predicted molar refractivity (Wildman–Crippen MR) is 96.3 cm³/mol. The third kappa shape index (κ3) is 5.37. The molecule has 0 fully saturated rings. The maximum atomic E-state index is 12.9. The highest BCUT2D eigenvalue weighted by Crippen LogP contribution is 2.34. The summed E-state index contributed by atoms with van der Waals surface area (Å²) < 4.78 is 43.7. The van der Waals surface area contributed by atoms with Crippen molar-refractivity contribution < 1.29 is 22.7 Å². The van der Waals surface area contributed by atoms with Crippen LogP contribution in [0.2, 0.25) is 0 Å². The van der Waals surface area contributed by atoms with E-state index in [2.05, 4.69) is 19.2 Å². The van der Waals surface area contributed by atoms with E-state index in [0.29, 0.717) is 11.5 Å². The Labute approximate surface area is 150 Å². The van der Waals surface area contributed by atoms with Gasteiger partial charge in [-0.25, -0.2) is 0 Å². The summed E-state index contributed by atoms with van der Waals surface area (Å²) in [5, 5.41) is 2.48. The number of hydrogen-bond acceptors (Lipinski definition) is 2. The summed E-state index contributed by atoms with van der Waals surface area (Å²) in [5.41, 5.74) is 0.422. The number of alkyl halides is 3. The van der Waals surface area contributed by atoms with Gasteiger partial charge in [-0.15, -0.1) is 0 Å². The molecule has 26 heavy (non-hydrogen) atoms. The lowest BCUT2D eigenvalue weighted by Crippen LogP contribution is -2.13. The topological polar surface area (TPSA) is 38.3 Å². The zero-order chi connectivity index (χ0) is 19.3. The van der Waals surface area contributed by atoms with E-state index in [0.717, 1.165) is 17.7 Å². The van der Waals surface area contributed by atoms with Gasteiger partial charge in [-0.3, -0.25) is 4.79 Å². The van der Waals surface area contributed by atoms with E-state index in [1.165, 1.54) is 13.2 Å². The molecule has 1 amide bonds. The van der Waals surface area contributed by atoms with E-state index in [1.54, 1.807) is 24.3 Å². The lowest BCUT2D eigenvalue weighted by atomic mass is 10.1. The number of allylic oxidation sites excluding steroid dienone is 1. The fourth-order valence-corrected chi connectivity index (χ4v) is 2.21. The second-order valence-corrected chi connectivity index (χ2v) is 6.13. The molecule has 0 bridgehead atoms. The van der Waals surface area contributed by atoms with Crippen molar-refractivity contribution in [2.24, 2.45) is 5.92 Å². The minimum atomic E-state index is -4.53. The number of halogens is 3. The molecule has 0 aliphatic heterocycles. The smallest absolute Gasteiger partial charge is 0.416 e. The maximum Gasteiger partial charge on any atom is 0.416 e. The van der Waals surface area contributed by atoms with Crippen LogP contribution >= 0.6 is 0 Å². The SMILES string of the molecule is COc1cc(NC(=O)c2ccc(/C=C/C(C)C)cc2)cc(C(F)(F)F)c1. The largest absolute Gasteiger partial charge is 0.497 e. The van der Waals surface area contributed by atoms with Crippen molar-refractivity contribution >= 4 is 17.7 Å². The molecule has 0 radical (unpaired) electrons. The highest BCUT2D eigenvalue weighted by atomic mass is 19.4. The first-order chi connectivity index (χ1) is 12.2. The van der Waals surface area contributed by atoms with Crippen LogP contribution < -0.4 is 10.1 Å². The van der Waals surface area contributed by atoms with Crippen LogP contribution in [0.15, 0.2) is 48.5 Å². The van der Waals surface area contributed by atoms with Crippen LogP contribution in [-0.4, -0.2) is 13.0 Å². The Kier molecular flexibility index (Phi) is 6.08. The second-order valence-electron chi connectivity index (χ2n) is 6.13. The molecular weight excluding hydrogens is 343 g/mol. The summed E-state index contributed by atoms with van der Waals surface area (Å²) >= 11 is 0.